The predicted molar refractivity (Wildman–Crippen MR) is 59.3 cm³/mol. The lowest BCUT2D eigenvalue weighted by atomic mass is 10.0. The van der Waals surface area contributed by atoms with Gasteiger partial charge in [0.1, 0.15) is 0 Å². The number of hydrogen-bond acceptors (Lipinski definition) is 1. The van der Waals surface area contributed by atoms with Crippen molar-refractivity contribution in [3.8, 4) is 0 Å². The molecule has 0 unspecified atom stereocenters. The predicted octanol–water partition coefficient (Wildman–Crippen LogP) is 3.52. The Hall–Kier alpha value is -0.850. The molecular weight excluding hydrogens is 158 g/mol. The van der Waals surface area contributed by atoms with Crippen LogP contribution in [0.15, 0.2) is 28.8 Å². The molecule has 1 aliphatic rings. The van der Waals surface area contributed by atoms with E-state index in [4.69, 9.17) is 0 Å². The van der Waals surface area contributed by atoms with Crippen molar-refractivity contribution in [3.05, 3.63) is 23.8 Å². The molecule has 0 atom stereocenters. The van der Waals surface area contributed by atoms with Crippen LogP contribution in [0.25, 0.3) is 0 Å². The Kier molecular flexibility index (Phi) is 4.52. The number of rotatable bonds is 3. The van der Waals surface area contributed by atoms with Gasteiger partial charge in [0.05, 0.1) is 0 Å². The van der Waals surface area contributed by atoms with E-state index in [-0.39, 0.29) is 0 Å². The first-order chi connectivity index (χ1) is 6.38. The second kappa shape index (κ2) is 5.74. The molecule has 0 saturated heterocycles. The molecule has 1 aliphatic carbocycles. The third kappa shape index (κ3) is 3.17. The third-order valence-corrected chi connectivity index (χ3v) is 2.48. The molecule has 0 radical (unpaired) electrons. The first-order valence-electron chi connectivity index (χ1n) is 5.22. The van der Waals surface area contributed by atoms with Gasteiger partial charge < -0.3 is 0 Å². The zero-order valence-electron chi connectivity index (χ0n) is 8.55. The van der Waals surface area contributed by atoms with E-state index in [0.717, 1.165) is 6.54 Å². The highest BCUT2D eigenvalue weighted by atomic mass is 14.7. The van der Waals surface area contributed by atoms with Gasteiger partial charge in [0.15, 0.2) is 0 Å². The molecule has 0 spiro atoms. The van der Waals surface area contributed by atoms with Crippen molar-refractivity contribution in [1.29, 1.82) is 0 Å². The maximum Gasteiger partial charge on any atom is 0.0361 e. The summed E-state index contributed by atoms with van der Waals surface area (Å²) in [6, 6.07) is 0. The minimum absolute atomic E-state index is 0.883. The van der Waals surface area contributed by atoms with E-state index in [2.05, 4.69) is 18.5 Å². The van der Waals surface area contributed by atoms with Crippen molar-refractivity contribution in [2.75, 3.05) is 6.54 Å². The lowest BCUT2D eigenvalue weighted by Gasteiger charge is -2.02. The van der Waals surface area contributed by atoms with Gasteiger partial charge in [0.2, 0.25) is 0 Å². The third-order valence-electron chi connectivity index (χ3n) is 2.48. The smallest absolute Gasteiger partial charge is 0.0361 e. The summed E-state index contributed by atoms with van der Waals surface area (Å²) in [5, 5.41) is 0. The average Bonchev–Trinajstić information content (AvgIpc) is 2.39. The maximum absolute atomic E-state index is 4.30. The Morgan fingerprint density at radius 3 is 2.54 bits per heavy atom. The first kappa shape index (κ1) is 10.2. The van der Waals surface area contributed by atoms with Gasteiger partial charge in [-0.3, -0.25) is 4.99 Å². The van der Waals surface area contributed by atoms with E-state index in [0.29, 0.717) is 0 Å². The van der Waals surface area contributed by atoms with Crippen LogP contribution >= 0.6 is 0 Å². The summed E-state index contributed by atoms with van der Waals surface area (Å²) < 4.78 is 0. The topological polar surface area (TPSA) is 12.4 Å². The molecule has 13 heavy (non-hydrogen) atoms. The Morgan fingerprint density at radius 1 is 1.23 bits per heavy atom. The van der Waals surface area contributed by atoms with Crippen LogP contribution in [0.3, 0.4) is 0 Å². The average molecular weight is 177 g/mol. The number of hydrogen-bond donors (Lipinski definition) is 0. The van der Waals surface area contributed by atoms with E-state index in [1.54, 1.807) is 0 Å². The minimum atomic E-state index is 0.883. The second-order valence-corrected chi connectivity index (χ2v) is 3.44. The quantitative estimate of drug-likeness (QED) is 0.585. The molecule has 0 amide bonds. The molecule has 1 nitrogen and oxygen atoms in total. The van der Waals surface area contributed by atoms with Gasteiger partial charge in [-0.25, -0.2) is 0 Å². The highest BCUT2D eigenvalue weighted by molar-refractivity contribution is 5.80. The van der Waals surface area contributed by atoms with Crippen LogP contribution in [0.4, 0.5) is 0 Å². The van der Waals surface area contributed by atoms with E-state index < -0.39 is 0 Å². The highest BCUT2D eigenvalue weighted by Gasteiger charge is 2.06. The normalized spacial score (nSPS) is 19.2. The lowest BCUT2D eigenvalue weighted by molar-refractivity contribution is 0.711. The summed E-state index contributed by atoms with van der Waals surface area (Å²) in [5.41, 5.74) is 2.82. The SMILES string of the molecule is C=CC1=C(C=NCC)CCCCC1. The molecule has 0 aliphatic heterocycles. The summed E-state index contributed by atoms with van der Waals surface area (Å²) in [7, 11) is 0. The monoisotopic (exact) mass is 177 g/mol. The van der Waals surface area contributed by atoms with E-state index >= 15 is 0 Å². The van der Waals surface area contributed by atoms with Crippen LogP contribution in [0.1, 0.15) is 39.0 Å². The van der Waals surface area contributed by atoms with Gasteiger partial charge in [-0.1, -0.05) is 19.1 Å². The maximum atomic E-state index is 4.30. The lowest BCUT2D eigenvalue weighted by Crippen LogP contribution is -1.90. The molecule has 0 fully saturated rings. The molecule has 0 saturated carbocycles. The van der Waals surface area contributed by atoms with Gasteiger partial charge in [-0.15, -0.1) is 0 Å². The summed E-state index contributed by atoms with van der Waals surface area (Å²) in [4.78, 5) is 4.30. The molecule has 0 bridgehead atoms. The molecule has 72 valence electrons. The van der Waals surface area contributed by atoms with Crippen molar-refractivity contribution in [1.82, 2.24) is 0 Å². The van der Waals surface area contributed by atoms with Crippen molar-refractivity contribution >= 4 is 6.21 Å². The number of nitrogens with zero attached hydrogens (tertiary/aromatic N) is 1. The Balaban J connectivity index is 2.75. The van der Waals surface area contributed by atoms with Crippen molar-refractivity contribution in [3.63, 3.8) is 0 Å². The summed E-state index contributed by atoms with van der Waals surface area (Å²) in [6.07, 6.45) is 10.4. The Bertz CT molecular complexity index is 223. The Labute approximate surface area is 81.3 Å². The Morgan fingerprint density at radius 2 is 1.92 bits per heavy atom. The van der Waals surface area contributed by atoms with Crippen LogP contribution in [0.2, 0.25) is 0 Å². The number of allylic oxidation sites excluding steroid dienone is 3. The molecule has 0 aromatic heterocycles. The molecule has 0 heterocycles. The molecule has 0 N–H and O–H groups in total. The minimum Gasteiger partial charge on any atom is -0.293 e. The van der Waals surface area contributed by atoms with Gasteiger partial charge >= 0.3 is 0 Å². The van der Waals surface area contributed by atoms with E-state index in [1.807, 2.05) is 12.3 Å². The summed E-state index contributed by atoms with van der Waals surface area (Å²) in [5.74, 6) is 0. The fraction of sp³-hybridized carbons (Fsp3) is 0.583. The summed E-state index contributed by atoms with van der Waals surface area (Å²) >= 11 is 0. The fourth-order valence-electron chi connectivity index (χ4n) is 1.71. The highest BCUT2D eigenvalue weighted by Crippen LogP contribution is 2.23. The molecule has 1 heteroatoms. The first-order valence-corrected chi connectivity index (χ1v) is 5.22. The van der Waals surface area contributed by atoms with E-state index in [1.165, 1.54) is 43.3 Å². The standard InChI is InChI=1S/C12H19N/c1-3-11-8-6-5-7-9-12(11)10-13-4-2/h3,10H,1,4-9H2,2H3. The van der Waals surface area contributed by atoms with Gasteiger partial charge in [0.25, 0.3) is 0 Å². The van der Waals surface area contributed by atoms with E-state index in [9.17, 15) is 0 Å². The molecular formula is C12H19N. The van der Waals surface area contributed by atoms with Gasteiger partial charge in [-0.05, 0) is 43.8 Å². The van der Waals surface area contributed by atoms with Gasteiger partial charge in [0, 0.05) is 12.8 Å². The van der Waals surface area contributed by atoms with Gasteiger partial charge in [-0.2, -0.15) is 0 Å². The molecule has 1 rings (SSSR count). The fourth-order valence-corrected chi connectivity index (χ4v) is 1.71. The summed E-state index contributed by atoms with van der Waals surface area (Å²) in [6.45, 7) is 6.82. The van der Waals surface area contributed by atoms with Crippen LogP contribution in [0.5, 0.6) is 0 Å². The zero-order chi connectivity index (χ0) is 9.52. The zero-order valence-corrected chi connectivity index (χ0v) is 8.55. The van der Waals surface area contributed by atoms with Crippen LogP contribution in [0, 0.1) is 0 Å². The van der Waals surface area contributed by atoms with Crippen LogP contribution in [-0.4, -0.2) is 12.8 Å². The largest absolute Gasteiger partial charge is 0.293 e. The van der Waals surface area contributed by atoms with Crippen molar-refractivity contribution < 1.29 is 0 Å². The number of aliphatic imine (C=N–C) groups is 1. The van der Waals surface area contributed by atoms with Crippen molar-refractivity contribution in [2.24, 2.45) is 4.99 Å². The molecule has 0 aromatic carbocycles. The molecule has 0 aromatic rings. The van der Waals surface area contributed by atoms with Crippen molar-refractivity contribution in [2.45, 2.75) is 39.0 Å². The second-order valence-electron chi connectivity index (χ2n) is 3.44. The van der Waals surface area contributed by atoms with Crippen LogP contribution in [-0.2, 0) is 0 Å². The van der Waals surface area contributed by atoms with Crippen LogP contribution < -0.4 is 0 Å².